The maximum Gasteiger partial charge on any atom is 0.249 e. The second-order valence-corrected chi connectivity index (χ2v) is 9.66. The van der Waals surface area contributed by atoms with Gasteiger partial charge in [-0.2, -0.15) is 15.3 Å². The number of rotatable bonds is 6. The number of amides is 2. The van der Waals surface area contributed by atoms with E-state index in [2.05, 4.69) is 26.5 Å². The molecule has 0 bridgehead atoms. The third kappa shape index (κ3) is 3.61. The Morgan fingerprint density at radius 2 is 2.03 bits per heavy atom. The summed E-state index contributed by atoms with van der Waals surface area (Å²) in [6.07, 6.45) is 9.46. The fourth-order valence-corrected chi connectivity index (χ4v) is 4.89. The first-order valence-electron chi connectivity index (χ1n) is 11.5. The van der Waals surface area contributed by atoms with Crippen LogP contribution < -0.4 is 10.2 Å². The van der Waals surface area contributed by atoms with Crippen molar-refractivity contribution in [3.05, 3.63) is 24.7 Å². The van der Waals surface area contributed by atoms with E-state index in [9.17, 15) is 14.9 Å². The molecule has 0 radical (unpaired) electrons. The van der Waals surface area contributed by atoms with Gasteiger partial charge in [-0.25, -0.2) is 4.98 Å². The van der Waals surface area contributed by atoms with Crippen molar-refractivity contribution < 1.29 is 9.59 Å². The van der Waals surface area contributed by atoms with Gasteiger partial charge in [-0.3, -0.25) is 19.2 Å². The molecule has 4 heterocycles. The van der Waals surface area contributed by atoms with Gasteiger partial charge in [-0.1, -0.05) is 0 Å². The van der Waals surface area contributed by atoms with E-state index in [-0.39, 0.29) is 17.7 Å². The van der Waals surface area contributed by atoms with Gasteiger partial charge in [0.15, 0.2) is 0 Å². The number of likely N-dealkylation sites (tertiary alicyclic amines) is 1. The minimum absolute atomic E-state index is 0.0529. The number of carbonyl (C=O) groups excluding carboxylic acids is 2. The molecule has 0 spiro atoms. The Hall–Kier alpha value is -3.48. The van der Waals surface area contributed by atoms with Crippen molar-refractivity contribution in [1.82, 2.24) is 24.6 Å². The van der Waals surface area contributed by atoms with Crippen molar-refractivity contribution in [3.63, 3.8) is 0 Å². The second-order valence-electron chi connectivity index (χ2n) is 9.66. The lowest BCUT2D eigenvalue weighted by Crippen LogP contribution is -2.46. The summed E-state index contributed by atoms with van der Waals surface area (Å²) < 4.78 is 1.65. The van der Waals surface area contributed by atoms with Gasteiger partial charge in [-0.05, 0) is 57.9 Å². The number of aromatic nitrogens is 4. The highest BCUT2D eigenvalue weighted by molar-refractivity contribution is 6.01. The van der Waals surface area contributed by atoms with E-state index in [0.717, 1.165) is 38.8 Å². The smallest absolute Gasteiger partial charge is 0.249 e. The van der Waals surface area contributed by atoms with Crippen molar-refractivity contribution in [1.29, 1.82) is 5.26 Å². The van der Waals surface area contributed by atoms with Crippen molar-refractivity contribution in [2.75, 3.05) is 29.9 Å². The molecule has 1 atom stereocenters. The molecule has 1 aliphatic carbocycles. The van der Waals surface area contributed by atoms with Crippen LogP contribution in [0, 0.1) is 22.7 Å². The highest BCUT2D eigenvalue weighted by atomic mass is 16.2. The number of nitrogens with zero attached hydrogens (tertiary/aromatic N) is 7. The maximum atomic E-state index is 13.1. The van der Waals surface area contributed by atoms with Gasteiger partial charge in [0.25, 0.3) is 0 Å². The Morgan fingerprint density at radius 1 is 1.27 bits per heavy atom. The minimum Gasteiger partial charge on any atom is -0.341 e. The van der Waals surface area contributed by atoms with E-state index in [0.29, 0.717) is 30.4 Å². The average molecular weight is 449 g/mol. The molecule has 10 heteroatoms. The van der Waals surface area contributed by atoms with E-state index in [1.54, 1.807) is 34.2 Å². The van der Waals surface area contributed by atoms with Crippen LogP contribution in [0.3, 0.4) is 0 Å². The number of nitriles is 1. The molecule has 5 rings (SSSR count). The van der Waals surface area contributed by atoms with Gasteiger partial charge in [0.05, 0.1) is 18.0 Å². The predicted octanol–water partition coefficient (Wildman–Crippen LogP) is 2.43. The Labute approximate surface area is 192 Å². The molecule has 2 saturated heterocycles. The van der Waals surface area contributed by atoms with Crippen LogP contribution in [-0.2, 0) is 15.1 Å². The molecule has 2 amide bonds. The Kier molecular flexibility index (Phi) is 5.07. The lowest BCUT2D eigenvalue weighted by atomic mass is 9.83. The van der Waals surface area contributed by atoms with Crippen molar-refractivity contribution in [3.8, 4) is 6.07 Å². The molecule has 3 aliphatic rings. The summed E-state index contributed by atoms with van der Waals surface area (Å²) >= 11 is 0. The molecule has 33 heavy (non-hydrogen) atoms. The fraction of sp³-hybridized carbons (Fsp3) is 0.565. The average Bonchev–Trinajstić information content (AvgIpc) is 3.21. The Bertz CT molecular complexity index is 1130. The highest BCUT2D eigenvalue weighted by Crippen LogP contribution is 2.51. The molecule has 172 valence electrons. The summed E-state index contributed by atoms with van der Waals surface area (Å²) in [4.78, 5) is 38.3. The number of hydrogen-bond acceptors (Lipinski definition) is 7. The van der Waals surface area contributed by atoms with E-state index in [1.165, 1.54) is 0 Å². The Morgan fingerprint density at radius 3 is 2.73 bits per heavy atom. The van der Waals surface area contributed by atoms with Crippen LogP contribution in [-0.4, -0.2) is 56.1 Å². The summed E-state index contributed by atoms with van der Waals surface area (Å²) in [5, 5.41) is 17.2. The third-order valence-corrected chi connectivity index (χ3v) is 7.08. The van der Waals surface area contributed by atoms with Gasteiger partial charge in [0.2, 0.25) is 17.8 Å². The first kappa shape index (κ1) is 21.4. The third-order valence-electron chi connectivity index (χ3n) is 7.08. The predicted molar refractivity (Wildman–Crippen MR) is 120 cm³/mol. The first-order chi connectivity index (χ1) is 15.8. The number of anilines is 3. The number of hydrogen-bond donors (Lipinski definition) is 1. The standard InChI is InChI=1S/C23H28N8O2/c1-22(2,19(32)29-10-3-4-11-29)31-14-17(13-26-31)27-21-25-9-7-18(28-21)30-12-8-23(15-24,20(30)33)16-5-6-16/h7,9,13-14,16H,3-6,8,10-12H2,1-2H3,(H,25,27,28)/t23-/m1/s1. The molecular formula is C23H28N8O2. The largest absolute Gasteiger partial charge is 0.341 e. The van der Waals surface area contributed by atoms with Crippen molar-refractivity contribution in [2.24, 2.45) is 11.3 Å². The van der Waals surface area contributed by atoms with E-state index in [4.69, 9.17) is 0 Å². The first-order valence-corrected chi connectivity index (χ1v) is 11.5. The summed E-state index contributed by atoms with van der Waals surface area (Å²) in [5.41, 5.74) is -1.07. The lowest BCUT2D eigenvalue weighted by molar-refractivity contribution is -0.138. The molecule has 2 aliphatic heterocycles. The quantitative estimate of drug-likeness (QED) is 0.720. The minimum atomic E-state index is -0.910. The van der Waals surface area contributed by atoms with Crippen molar-refractivity contribution >= 4 is 29.3 Å². The van der Waals surface area contributed by atoms with E-state index in [1.807, 2.05) is 18.7 Å². The van der Waals surface area contributed by atoms with Gasteiger partial charge in [0.1, 0.15) is 16.8 Å². The van der Waals surface area contributed by atoms with Crippen molar-refractivity contribution in [2.45, 2.75) is 51.5 Å². The topological polar surface area (TPSA) is 120 Å². The fourth-order valence-electron chi connectivity index (χ4n) is 4.89. The molecular weight excluding hydrogens is 420 g/mol. The zero-order valence-electron chi connectivity index (χ0n) is 19.0. The summed E-state index contributed by atoms with van der Waals surface area (Å²) in [6.45, 7) is 5.78. The van der Waals surface area contributed by atoms with Crippen LogP contribution in [0.4, 0.5) is 17.5 Å². The van der Waals surface area contributed by atoms with Gasteiger partial charge in [0, 0.05) is 32.0 Å². The highest BCUT2D eigenvalue weighted by Gasteiger charge is 2.57. The zero-order chi connectivity index (χ0) is 23.2. The monoisotopic (exact) mass is 448 g/mol. The maximum absolute atomic E-state index is 13.1. The zero-order valence-corrected chi connectivity index (χ0v) is 19.0. The second kappa shape index (κ2) is 7.83. The molecule has 2 aromatic rings. The van der Waals surface area contributed by atoms with Crippen LogP contribution in [0.1, 0.15) is 46.0 Å². The summed E-state index contributed by atoms with van der Waals surface area (Å²) in [7, 11) is 0. The molecule has 1 N–H and O–H groups in total. The molecule has 0 unspecified atom stereocenters. The molecule has 0 aromatic carbocycles. The van der Waals surface area contributed by atoms with Crippen LogP contribution >= 0.6 is 0 Å². The summed E-state index contributed by atoms with van der Waals surface area (Å²) in [5.74, 6) is 0.859. The SMILES string of the molecule is CC(C)(C(=O)N1CCCC1)n1cc(Nc2nccc(N3CC[C@@](C#N)(C4CC4)C3=O)n2)cn1. The number of nitrogens with one attached hydrogen (secondary N) is 1. The van der Waals surface area contributed by atoms with Crippen LogP contribution in [0.5, 0.6) is 0 Å². The molecule has 10 nitrogen and oxygen atoms in total. The number of carbonyl (C=O) groups is 2. The lowest BCUT2D eigenvalue weighted by Gasteiger charge is -2.29. The summed E-state index contributed by atoms with van der Waals surface area (Å²) in [6, 6.07) is 3.98. The molecule has 1 saturated carbocycles. The normalized spacial score (nSPS) is 23.1. The molecule has 3 fully saturated rings. The van der Waals surface area contributed by atoms with Gasteiger partial charge in [-0.15, -0.1) is 0 Å². The Balaban J connectivity index is 1.31. The van der Waals surface area contributed by atoms with Crippen LogP contribution in [0.25, 0.3) is 0 Å². The van der Waals surface area contributed by atoms with E-state index < -0.39 is 11.0 Å². The molecule has 2 aromatic heterocycles. The van der Waals surface area contributed by atoms with E-state index >= 15 is 0 Å². The van der Waals surface area contributed by atoms with Crippen LogP contribution in [0.15, 0.2) is 24.7 Å². The van der Waals surface area contributed by atoms with Gasteiger partial charge >= 0.3 is 0 Å². The van der Waals surface area contributed by atoms with Gasteiger partial charge < -0.3 is 10.2 Å². The van der Waals surface area contributed by atoms with Crippen LogP contribution in [0.2, 0.25) is 0 Å².